The van der Waals surface area contributed by atoms with Crippen molar-refractivity contribution in [3.05, 3.63) is 29.8 Å². The zero-order valence-electron chi connectivity index (χ0n) is 9.83. The van der Waals surface area contributed by atoms with Crippen LogP contribution in [0.4, 0.5) is 0 Å². The van der Waals surface area contributed by atoms with Crippen molar-refractivity contribution in [2.75, 3.05) is 19.8 Å². The predicted octanol–water partition coefficient (Wildman–Crippen LogP) is 0.588. The lowest BCUT2D eigenvalue weighted by atomic mass is 10.2. The molecule has 0 amide bonds. The summed E-state index contributed by atoms with van der Waals surface area (Å²) in [4.78, 5) is 0. The van der Waals surface area contributed by atoms with E-state index in [9.17, 15) is 0 Å². The first-order chi connectivity index (χ1) is 8.22. The molecule has 0 saturated heterocycles. The maximum absolute atomic E-state index is 8.59. The van der Waals surface area contributed by atoms with Crippen LogP contribution < -0.4 is 4.65 Å². The van der Waals surface area contributed by atoms with Gasteiger partial charge in [-0.2, -0.15) is 0 Å². The van der Waals surface area contributed by atoms with Crippen molar-refractivity contribution in [2.24, 2.45) is 0 Å². The van der Waals surface area contributed by atoms with Crippen LogP contribution in [0.5, 0.6) is 5.75 Å². The highest BCUT2D eigenvalue weighted by Crippen LogP contribution is 2.12. The molecule has 0 atom stereocenters. The molecule has 0 aromatic heterocycles. The van der Waals surface area contributed by atoms with Gasteiger partial charge >= 0.3 is 7.32 Å². The highest BCUT2D eigenvalue weighted by molar-refractivity contribution is 6.33. The topological polar surface area (TPSA) is 68.2 Å². The average Bonchev–Trinajstić information content (AvgIpc) is 2.30. The van der Waals surface area contributed by atoms with Gasteiger partial charge in [-0.25, -0.2) is 0 Å². The molecule has 0 saturated carbocycles. The third-order valence-electron chi connectivity index (χ3n) is 2.01. The minimum Gasteiger partial charge on any atom is -0.512 e. The summed E-state index contributed by atoms with van der Waals surface area (Å²) in [6, 6.07) is 6.91. The smallest absolute Gasteiger partial charge is 0.512 e. The normalized spacial score (nSPS) is 10.3. The molecule has 17 heavy (non-hydrogen) atoms. The highest BCUT2D eigenvalue weighted by Gasteiger charge is 2.10. The molecule has 0 unspecified atom stereocenters. The zero-order valence-corrected chi connectivity index (χ0v) is 9.83. The van der Waals surface area contributed by atoms with Crippen LogP contribution in [0.3, 0.4) is 0 Å². The van der Waals surface area contributed by atoms with Crippen LogP contribution in [0, 0.1) is 0 Å². The third-order valence-corrected chi connectivity index (χ3v) is 2.01. The molecule has 0 spiro atoms. The first kappa shape index (κ1) is 14.0. The molecule has 1 aromatic carbocycles. The summed E-state index contributed by atoms with van der Waals surface area (Å²) in [6.07, 6.45) is 0. The molecule has 0 fully saturated rings. The molecule has 6 heteroatoms. The van der Waals surface area contributed by atoms with E-state index in [1.165, 1.54) is 0 Å². The van der Waals surface area contributed by atoms with E-state index in [0.29, 0.717) is 32.2 Å². The quantitative estimate of drug-likeness (QED) is 0.514. The summed E-state index contributed by atoms with van der Waals surface area (Å²) in [5.74, 6) is 0.401. The monoisotopic (exact) mass is 240 g/mol. The Morgan fingerprint density at radius 2 is 1.71 bits per heavy atom. The molecule has 0 aliphatic heterocycles. The standard InChI is InChI=1S/C11H17BO5/c1-2-15-7-8-16-9-10-3-5-11(6-4-10)17-12(13)14/h3-6,13-14H,2,7-9H2,1H3. The first-order valence-corrected chi connectivity index (χ1v) is 5.49. The van der Waals surface area contributed by atoms with Crippen molar-refractivity contribution in [2.45, 2.75) is 13.5 Å². The van der Waals surface area contributed by atoms with Crippen LogP contribution in [0.25, 0.3) is 0 Å². The summed E-state index contributed by atoms with van der Waals surface area (Å²) in [7, 11) is -1.79. The Hall–Kier alpha value is -1.08. The maximum Gasteiger partial charge on any atom is 0.707 e. The highest BCUT2D eigenvalue weighted by atomic mass is 16.6. The van der Waals surface area contributed by atoms with Crippen molar-refractivity contribution >= 4 is 7.32 Å². The molecule has 1 rings (SSSR count). The summed E-state index contributed by atoms with van der Waals surface area (Å²) in [6.45, 7) is 4.28. The Morgan fingerprint density at radius 3 is 2.29 bits per heavy atom. The Labute approximate surface area is 101 Å². The summed E-state index contributed by atoms with van der Waals surface area (Å²) in [5, 5.41) is 17.2. The number of rotatable bonds is 8. The van der Waals surface area contributed by atoms with Gasteiger partial charge in [0, 0.05) is 6.61 Å². The van der Waals surface area contributed by atoms with E-state index in [1.807, 2.05) is 6.92 Å². The molecule has 0 radical (unpaired) electrons. The van der Waals surface area contributed by atoms with E-state index in [4.69, 9.17) is 19.5 Å². The predicted molar refractivity (Wildman–Crippen MR) is 63.4 cm³/mol. The molecule has 5 nitrogen and oxygen atoms in total. The number of hydrogen-bond acceptors (Lipinski definition) is 5. The van der Waals surface area contributed by atoms with E-state index < -0.39 is 7.32 Å². The van der Waals surface area contributed by atoms with Crippen LogP contribution in [-0.2, 0) is 16.1 Å². The van der Waals surface area contributed by atoms with Gasteiger partial charge in [-0.1, -0.05) is 12.1 Å². The average molecular weight is 240 g/mol. The molecule has 0 aliphatic rings. The lowest BCUT2D eigenvalue weighted by Crippen LogP contribution is -2.20. The van der Waals surface area contributed by atoms with E-state index in [1.54, 1.807) is 24.3 Å². The van der Waals surface area contributed by atoms with E-state index in [-0.39, 0.29) is 0 Å². The number of hydrogen-bond donors (Lipinski definition) is 2. The van der Waals surface area contributed by atoms with E-state index >= 15 is 0 Å². The fourth-order valence-electron chi connectivity index (χ4n) is 1.24. The van der Waals surface area contributed by atoms with Gasteiger partial charge in [0.25, 0.3) is 0 Å². The SMILES string of the molecule is CCOCCOCc1ccc(OB(O)O)cc1. The van der Waals surface area contributed by atoms with Crippen molar-refractivity contribution in [1.29, 1.82) is 0 Å². The molecule has 94 valence electrons. The second-order valence-corrected chi connectivity index (χ2v) is 3.34. The van der Waals surface area contributed by atoms with Crippen LogP contribution in [0.1, 0.15) is 12.5 Å². The number of ether oxygens (including phenoxy) is 2. The molecular weight excluding hydrogens is 223 g/mol. The van der Waals surface area contributed by atoms with Crippen LogP contribution in [-0.4, -0.2) is 37.2 Å². The maximum atomic E-state index is 8.59. The molecule has 2 N–H and O–H groups in total. The van der Waals surface area contributed by atoms with Gasteiger partial charge in [-0.3, -0.25) is 0 Å². The van der Waals surface area contributed by atoms with Crippen LogP contribution in [0.2, 0.25) is 0 Å². The first-order valence-electron chi connectivity index (χ1n) is 5.49. The molecule has 0 bridgehead atoms. The molecule has 0 heterocycles. The Bertz CT molecular complexity index is 301. The van der Waals surface area contributed by atoms with Gasteiger partial charge < -0.3 is 24.2 Å². The number of benzene rings is 1. The van der Waals surface area contributed by atoms with Crippen molar-refractivity contribution in [3.8, 4) is 5.75 Å². The third kappa shape index (κ3) is 6.28. The Kier molecular flexibility index (Phi) is 6.65. The second-order valence-electron chi connectivity index (χ2n) is 3.34. The van der Waals surface area contributed by atoms with Crippen LogP contribution in [0.15, 0.2) is 24.3 Å². The summed E-state index contributed by atoms with van der Waals surface area (Å²) < 4.78 is 15.2. The summed E-state index contributed by atoms with van der Waals surface area (Å²) in [5.41, 5.74) is 0.987. The Morgan fingerprint density at radius 1 is 1.06 bits per heavy atom. The van der Waals surface area contributed by atoms with Gasteiger partial charge in [-0.15, -0.1) is 0 Å². The van der Waals surface area contributed by atoms with Crippen molar-refractivity contribution in [3.63, 3.8) is 0 Å². The Balaban J connectivity index is 2.25. The molecule has 1 aromatic rings. The van der Waals surface area contributed by atoms with E-state index in [2.05, 4.69) is 4.65 Å². The second kappa shape index (κ2) is 8.08. The van der Waals surface area contributed by atoms with Crippen molar-refractivity contribution < 1.29 is 24.2 Å². The van der Waals surface area contributed by atoms with Gasteiger partial charge in [0.15, 0.2) is 0 Å². The lowest BCUT2D eigenvalue weighted by Gasteiger charge is -2.07. The molecule has 0 aliphatic carbocycles. The fraction of sp³-hybridized carbons (Fsp3) is 0.455. The lowest BCUT2D eigenvalue weighted by molar-refractivity contribution is 0.0453. The zero-order chi connectivity index (χ0) is 12.5. The van der Waals surface area contributed by atoms with Gasteiger partial charge in [-0.05, 0) is 24.6 Å². The summed E-state index contributed by atoms with van der Waals surface area (Å²) >= 11 is 0. The van der Waals surface area contributed by atoms with Crippen LogP contribution >= 0.6 is 0 Å². The fourth-order valence-corrected chi connectivity index (χ4v) is 1.24. The largest absolute Gasteiger partial charge is 0.707 e. The van der Waals surface area contributed by atoms with Crippen molar-refractivity contribution in [1.82, 2.24) is 0 Å². The van der Waals surface area contributed by atoms with E-state index in [0.717, 1.165) is 5.56 Å². The minimum atomic E-state index is -1.79. The minimum absolute atomic E-state index is 0.401. The van der Waals surface area contributed by atoms with Gasteiger partial charge in [0.2, 0.25) is 0 Å². The van der Waals surface area contributed by atoms with Gasteiger partial charge in [0.1, 0.15) is 5.75 Å². The van der Waals surface area contributed by atoms with Gasteiger partial charge in [0.05, 0.1) is 19.8 Å². The molecular formula is C11H17BO5.